The van der Waals surface area contributed by atoms with Gasteiger partial charge < -0.3 is 205 Å². The fraction of sp³-hybridized carbons (Fsp3) is 0.914. The van der Waals surface area contributed by atoms with Crippen LogP contribution in [0.2, 0.25) is 0 Å². The average Bonchev–Trinajstić information content (AvgIpc) is 0.772. The van der Waals surface area contributed by atoms with Crippen molar-refractivity contribution in [2.24, 2.45) is 0 Å². The van der Waals surface area contributed by atoms with Gasteiger partial charge in [0.2, 0.25) is 29.5 Å². The second-order valence-electron chi connectivity index (χ2n) is 26.1. The standard InChI is InChI=1S/C58H97N5O41/c1-14(70)59-27-41(84)46(23(10-68)92-51(27)89)100-55-31(63-18(5)74)42(85)47(24(11-69)97-55)101-56-45(88)48(102-58-50(43(86)35(78)22(9-67)96-58)104-54-30(62-17(4)73)40(83)34(77)21(8-66)95-54)37(80)26(98-56)13-91-57-49(103-53-29(61-16(3)72)39(82)33(76)20(7-65)94-53)44(87)36(79)25(99-57)12-90-52-28(60-15(2)71)38(81)32(75)19(6-64)93-52/h19-58,64-69,75-89H,6-13H2,1-5H3,(H,59,70)(H,60,71)(H,61,72)(H,62,73)(H,63,74)/t19-,20-,21-,22-,23-,24-,25-,26-,27-,28-,29-,30+,31-,32-,33-,34-,35-,36-,37-,38-,39-,40-,41-,42-,43+,44+,45+,46-,47-,48+,49+,50+,51-,52-,53+,54+,55+,56+,57+,58-/m1/s1. The number of rotatable bonds is 27. The number of nitrogens with one attached hydrogen (secondary N) is 5. The number of carbonyl (C=O) groups is 5. The summed E-state index contributed by atoms with van der Waals surface area (Å²) in [5.74, 6) is -4.21. The van der Waals surface area contributed by atoms with Gasteiger partial charge in [-0.3, -0.25) is 24.0 Å². The van der Waals surface area contributed by atoms with Gasteiger partial charge in [0, 0.05) is 34.6 Å². The third-order valence-electron chi connectivity index (χ3n) is 18.6. The monoisotopic (exact) mass is 1520 g/mol. The Kier molecular flexibility index (Phi) is 30.9. The molecule has 0 radical (unpaired) electrons. The van der Waals surface area contributed by atoms with Crippen molar-refractivity contribution in [2.75, 3.05) is 52.9 Å². The highest BCUT2D eigenvalue weighted by atomic mass is 16.8. The van der Waals surface area contributed by atoms with Crippen LogP contribution in [0.15, 0.2) is 0 Å². The predicted molar refractivity (Wildman–Crippen MR) is 322 cm³/mol. The highest BCUT2D eigenvalue weighted by Crippen LogP contribution is 2.39. The number of hydrogen-bond donors (Lipinski definition) is 26. The number of aliphatic hydroxyl groups excluding tert-OH is 21. The topological polar surface area (TPSA) is 709 Å². The largest absolute Gasteiger partial charge is 0.394 e. The lowest BCUT2D eigenvalue weighted by atomic mass is 9.93. The Morgan fingerprint density at radius 2 is 0.519 bits per heavy atom. The quantitative estimate of drug-likeness (QED) is 0.0363. The molecule has 8 aliphatic heterocycles. The van der Waals surface area contributed by atoms with Crippen molar-refractivity contribution >= 4 is 29.5 Å². The smallest absolute Gasteiger partial charge is 0.217 e. The molecule has 46 nitrogen and oxygen atoms in total. The van der Waals surface area contributed by atoms with Crippen LogP contribution < -0.4 is 26.6 Å². The molecule has 0 spiro atoms. The van der Waals surface area contributed by atoms with Crippen LogP contribution in [0.3, 0.4) is 0 Å². The Hall–Kier alpha value is -4.09. The number of carbonyl (C=O) groups excluding carboxylic acids is 5. The molecule has 8 heterocycles. The minimum atomic E-state index is -2.53. The van der Waals surface area contributed by atoms with Gasteiger partial charge in [-0.2, -0.15) is 0 Å². The molecule has 0 saturated carbocycles. The maximum absolute atomic E-state index is 13.0. The van der Waals surface area contributed by atoms with Gasteiger partial charge in [0.25, 0.3) is 0 Å². The normalized spacial score (nSPS) is 47.2. The van der Waals surface area contributed by atoms with E-state index < -0.39 is 328 Å². The van der Waals surface area contributed by atoms with E-state index in [0.29, 0.717) is 0 Å². The van der Waals surface area contributed by atoms with Crippen LogP contribution in [0, 0.1) is 0 Å². The lowest BCUT2D eigenvalue weighted by Gasteiger charge is -2.51. The molecule has 0 aliphatic carbocycles. The predicted octanol–water partition coefficient (Wildman–Crippen LogP) is -17.7. The van der Waals surface area contributed by atoms with E-state index in [1.807, 2.05) is 0 Å². The third kappa shape index (κ3) is 19.4. The Labute approximate surface area is 589 Å². The summed E-state index contributed by atoms with van der Waals surface area (Å²) in [7, 11) is 0. The molecule has 8 fully saturated rings. The number of aliphatic hydroxyl groups is 21. The Balaban J connectivity index is 1.18. The molecule has 8 rings (SSSR count). The van der Waals surface area contributed by atoms with E-state index in [4.69, 9.17) is 71.1 Å². The van der Waals surface area contributed by atoms with Crippen molar-refractivity contribution in [3.63, 3.8) is 0 Å². The first-order valence-corrected chi connectivity index (χ1v) is 33.1. The molecule has 0 unspecified atom stereocenters. The summed E-state index contributed by atoms with van der Waals surface area (Å²) in [6.45, 7) is -3.40. The Bertz CT molecular complexity index is 2770. The first-order chi connectivity index (χ1) is 49.1. The molecular formula is C58H97N5O41. The first kappa shape index (κ1) is 85.5. The maximum atomic E-state index is 13.0. The molecule has 0 aromatic carbocycles. The van der Waals surface area contributed by atoms with E-state index in [0.717, 1.165) is 34.6 Å². The van der Waals surface area contributed by atoms with Crippen molar-refractivity contribution < 1.29 is 202 Å². The summed E-state index contributed by atoms with van der Waals surface area (Å²) < 4.78 is 89.4. The SMILES string of the molecule is CC(=O)N[C@@H]1[C@H](O[C@@H]2[C@@H](O[C@@H]3[C@H](O)[C@H](O[C@H]4[C@H](O)[C@@H](NC(C)=O)[C@H](O[C@H]5[C@H](O)[C@@H](NC(C)=O)[C@H](O)O[C@@H]5CO)O[C@@H]4CO)O[C@H](CO[C@H]4O[C@H](CO[C@@H]5O[C@H](CO)[C@@H](O)[C@H](O)[C@H]5NC(C)=O)[C@@H](O)[C@H](O)[C@@H]4O[C@@H]4O[C@H](CO)[C@@H](O)[C@H](O)[C@H]4NC(C)=O)[C@H]3O)O[C@H](CO)[C@@H](O)[C@@H]2O)O[C@H](CO)[C@@H](O)[C@@H]1O. The van der Waals surface area contributed by atoms with Gasteiger partial charge in [-0.05, 0) is 0 Å². The molecule has 46 heteroatoms. The van der Waals surface area contributed by atoms with Crippen molar-refractivity contribution in [3.8, 4) is 0 Å². The zero-order chi connectivity index (χ0) is 76.8. The van der Waals surface area contributed by atoms with E-state index in [1.54, 1.807) is 0 Å². The molecule has 0 aromatic rings. The van der Waals surface area contributed by atoms with E-state index >= 15 is 0 Å². The van der Waals surface area contributed by atoms with Gasteiger partial charge >= 0.3 is 0 Å². The minimum absolute atomic E-state index is 0.775. The number of hydrogen-bond acceptors (Lipinski definition) is 41. The molecule has 5 amide bonds. The van der Waals surface area contributed by atoms with Gasteiger partial charge in [-0.25, -0.2) is 0 Å². The molecule has 8 saturated heterocycles. The summed E-state index contributed by atoms with van der Waals surface area (Å²) in [6.07, 6.45) is -71.6. The summed E-state index contributed by atoms with van der Waals surface area (Å²) in [5.41, 5.74) is 0. The zero-order valence-electron chi connectivity index (χ0n) is 56.3. The third-order valence-corrected chi connectivity index (χ3v) is 18.6. The van der Waals surface area contributed by atoms with Gasteiger partial charge in [0.05, 0.1) is 52.9 Å². The second-order valence-corrected chi connectivity index (χ2v) is 26.1. The van der Waals surface area contributed by atoms with Gasteiger partial charge in [-0.1, -0.05) is 0 Å². The van der Waals surface area contributed by atoms with Crippen molar-refractivity contribution in [1.29, 1.82) is 0 Å². The molecule has 0 aromatic heterocycles. The molecule has 104 heavy (non-hydrogen) atoms. The lowest BCUT2D eigenvalue weighted by molar-refractivity contribution is -0.396. The fourth-order valence-corrected chi connectivity index (χ4v) is 13.3. The van der Waals surface area contributed by atoms with Crippen molar-refractivity contribution in [3.05, 3.63) is 0 Å². The van der Waals surface area contributed by atoms with Crippen LogP contribution >= 0.6 is 0 Å². The zero-order valence-corrected chi connectivity index (χ0v) is 56.3. The summed E-state index contributed by atoms with van der Waals surface area (Å²) in [5, 5.41) is 246. The van der Waals surface area contributed by atoms with Gasteiger partial charge in [0.15, 0.2) is 50.3 Å². The molecule has 600 valence electrons. The summed E-state index contributed by atoms with van der Waals surface area (Å²) >= 11 is 0. The van der Waals surface area contributed by atoms with Crippen LogP contribution in [-0.2, 0) is 95.0 Å². The average molecular weight is 1520 g/mol. The summed E-state index contributed by atoms with van der Waals surface area (Å²) in [6, 6.07) is -8.69. The fourth-order valence-electron chi connectivity index (χ4n) is 13.3. The molecule has 26 N–H and O–H groups in total. The number of ether oxygens (including phenoxy) is 15. The van der Waals surface area contributed by atoms with Crippen molar-refractivity contribution in [1.82, 2.24) is 26.6 Å². The number of amides is 5. The Morgan fingerprint density at radius 1 is 0.250 bits per heavy atom. The molecular weight excluding hydrogens is 1420 g/mol. The van der Waals surface area contributed by atoms with E-state index in [1.165, 1.54) is 0 Å². The van der Waals surface area contributed by atoms with Gasteiger partial charge in [0.1, 0.15) is 195 Å². The van der Waals surface area contributed by atoms with E-state index in [2.05, 4.69) is 26.6 Å². The van der Waals surface area contributed by atoms with E-state index in [-0.39, 0.29) is 0 Å². The second kappa shape index (κ2) is 37.5. The van der Waals surface area contributed by atoms with Gasteiger partial charge in [-0.15, -0.1) is 0 Å². The molecule has 8 aliphatic rings. The first-order valence-electron chi connectivity index (χ1n) is 33.1. The highest BCUT2D eigenvalue weighted by Gasteiger charge is 2.60. The highest BCUT2D eigenvalue weighted by molar-refractivity contribution is 5.75. The van der Waals surface area contributed by atoms with Crippen LogP contribution in [0.4, 0.5) is 0 Å². The van der Waals surface area contributed by atoms with Crippen LogP contribution in [0.1, 0.15) is 34.6 Å². The van der Waals surface area contributed by atoms with Crippen LogP contribution in [0.5, 0.6) is 0 Å². The molecule has 40 atom stereocenters. The van der Waals surface area contributed by atoms with E-state index in [9.17, 15) is 131 Å². The van der Waals surface area contributed by atoms with Crippen molar-refractivity contribution in [2.45, 2.75) is 280 Å². The lowest BCUT2D eigenvalue weighted by Crippen LogP contribution is -2.70. The minimum Gasteiger partial charge on any atom is -0.394 e. The molecule has 0 bridgehead atoms. The maximum Gasteiger partial charge on any atom is 0.217 e. The Morgan fingerprint density at radius 3 is 0.942 bits per heavy atom. The van der Waals surface area contributed by atoms with Crippen LogP contribution in [-0.4, -0.2) is 435 Å². The van der Waals surface area contributed by atoms with Crippen LogP contribution in [0.25, 0.3) is 0 Å². The summed E-state index contributed by atoms with van der Waals surface area (Å²) in [4.78, 5) is 62.4.